The SMILES string of the molecule is CS(=O)(=O)N1CC[C@H]2C[C@H](C(=O)NCc3ccco3)O[C@H]2C1. The summed E-state index contributed by atoms with van der Waals surface area (Å²) >= 11 is 0. The van der Waals surface area contributed by atoms with Gasteiger partial charge in [-0.15, -0.1) is 0 Å². The fourth-order valence-electron chi connectivity index (χ4n) is 3.07. The van der Waals surface area contributed by atoms with E-state index in [0.29, 0.717) is 31.8 Å². The smallest absolute Gasteiger partial charge is 0.249 e. The lowest BCUT2D eigenvalue weighted by atomic mass is 9.93. The summed E-state index contributed by atoms with van der Waals surface area (Å²) in [5, 5.41) is 2.79. The molecule has 3 heterocycles. The first kappa shape index (κ1) is 15.5. The minimum Gasteiger partial charge on any atom is -0.467 e. The van der Waals surface area contributed by atoms with Crippen molar-refractivity contribution >= 4 is 15.9 Å². The van der Waals surface area contributed by atoms with Crippen molar-refractivity contribution in [2.24, 2.45) is 5.92 Å². The van der Waals surface area contributed by atoms with Gasteiger partial charge < -0.3 is 14.5 Å². The molecule has 1 aromatic heterocycles. The van der Waals surface area contributed by atoms with Crippen molar-refractivity contribution in [1.29, 1.82) is 0 Å². The number of carbonyl (C=O) groups is 1. The Morgan fingerprint density at radius 3 is 3.00 bits per heavy atom. The van der Waals surface area contributed by atoms with E-state index in [0.717, 1.165) is 6.42 Å². The summed E-state index contributed by atoms with van der Waals surface area (Å²) in [4.78, 5) is 12.2. The predicted octanol–water partition coefficient (Wildman–Crippen LogP) is 0.335. The molecule has 2 aliphatic rings. The van der Waals surface area contributed by atoms with E-state index in [4.69, 9.17) is 9.15 Å². The Morgan fingerprint density at radius 1 is 1.50 bits per heavy atom. The number of rotatable bonds is 4. The van der Waals surface area contributed by atoms with Gasteiger partial charge in [0, 0.05) is 13.1 Å². The number of carbonyl (C=O) groups excluding carboxylic acids is 1. The Balaban J connectivity index is 1.54. The lowest BCUT2D eigenvalue weighted by Gasteiger charge is -2.32. The molecule has 1 N–H and O–H groups in total. The molecule has 0 spiro atoms. The highest BCUT2D eigenvalue weighted by atomic mass is 32.2. The summed E-state index contributed by atoms with van der Waals surface area (Å²) in [6, 6.07) is 3.56. The molecular formula is C14H20N2O5S. The number of hydrogen-bond acceptors (Lipinski definition) is 5. The first-order valence-corrected chi connectivity index (χ1v) is 9.19. The molecule has 0 bridgehead atoms. The molecule has 3 rings (SSSR count). The highest BCUT2D eigenvalue weighted by molar-refractivity contribution is 7.88. The standard InChI is InChI=1S/C14H20N2O5S/c1-22(18,19)16-5-4-10-7-12(21-13(10)9-16)14(17)15-8-11-3-2-6-20-11/h2-3,6,10,12-13H,4-5,7-9H2,1H3,(H,15,17)/t10-,12+,13-/m0/s1. The van der Waals surface area contributed by atoms with Gasteiger partial charge in [0.25, 0.3) is 0 Å². The Hall–Kier alpha value is -1.38. The molecule has 0 saturated carbocycles. The monoisotopic (exact) mass is 328 g/mol. The summed E-state index contributed by atoms with van der Waals surface area (Å²) in [7, 11) is -3.20. The summed E-state index contributed by atoms with van der Waals surface area (Å²) in [5.41, 5.74) is 0. The van der Waals surface area contributed by atoms with E-state index < -0.39 is 16.1 Å². The van der Waals surface area contributed by atoms with E-state index in [1.54, 1.807) is 18.4 Å². The van der Waals surface area contributed by atoms with Gasteiger partial charge in [0.05, 0.1) is 25.2 Å². The van der Waals surface area contributed by atoms with Crippen LogP contribution < -0.4 is 5.32 Å². The second kappa shape index (κ2) is 6.02. The van der Waals surface area contributed by atoms with E-state index in [2.05, 4.69) is 5.32 Å². The second-order valence-electron chi connectivity index (χ2n) is 5.87. The molecule has 1 aromatic rings. The molecule has 2 fully saturated rings. The van der Waals surface area contributed by atoms with Gasteiger partial charge in [0.15, 0.2) is 0 Å². The molecule has 2 aliphatic heterocycles. The number of piperidine rings is 1. The molecule has 0 aliphatic carbocycles. The number of nitrogens with zero attached hydrogens (tertiary/aromatic N) is 1. The largest absolute Gasteiger partial charge is 0.467 e. The fourth-order valence-corrected chi connectivity index (χ4v) is 3.93. The average Bonchev–Trinajstić information content (AvgIpc) is 3.11. The van der Waals surface area contributed by atoms with E-state index in [-0.39, 0.29) is 17.9 Å². The number of amides is 1. The van der Waals surface area contributed by atoms with Crippen molar-refractivity contribution in [3.8, 4) is 0 Å². The van der Waals surface area contributed by atoms with Crippen molar-refractivity contribution in [2.75, 3.05) is 19.3 Å². The molecule has 3 atom stereocenters. The van der Waals surface area contributed by atoms with Crippen LogP contribution in [-0.4, -0.2) is 50.2 Å². The van der Waals surface area contributed by atoms with E-state index in [1.807, 2.05) is 0 Å². The van der Waals surface area contributed by atoms with Gasteiger partial charge in [-0.25, -0.2) is 8.42 Å². The zero-order valence-corrected chi connectivity index (χ0v) is 13.2. The highest BCUT2D eigenvalue weighted by Crippen LogP contribution is 2.34. The van der Waals surface area contributed by atoms with Gasteiger partial charge in [0.1, 0.15) is 11.9 Å². The lowest BCUT2D eigenvalue weighted by molar-refractivity contribution is -0.132. The number of sulfonamides is 1. The minimum absolute atomic E-state index is 0.170. The second-order valence-corrected chi connectivity index (χ2v) is 7.85. The van der Waals surface area contributed by atoms with Crippen molar-refractivity contribution in [3.05, 3.63) is 24.2 Å². The van der Waals surface area contributed by atoms with Crippen LogP contribution in [-0.2, 0) is 26.1 Å². The van der Waals surface area contributed by atoms with Crippen molar-refractivity contribution in [3.63, 3.8) is 0 Å². The molecule has 7 nitrogen and oxygen atoms in total. The highest BCUT2D eigenvalue weighted by Gasteiger charge is 2.43. The Morgan fingerprint density at radius 2 is 2.32 bits per heavy atom. The normalized spacial score (nSPS) is 29.2. The fraction of sp³-hybridized carbons (Fsp3) is 0.643. The maximum atomic E-state index is 12.2. The topological polar surface area (TPSA) is 88.9 Å². The zero-order valence-electron chi connectivity index (χ0n) is 12.4. The van der Waals surface area contributed by atoms with E-state index in [9.17, 15) is 13.2 Å². The van der Waals surface area contributed by atoms with Crippen molar-refractivity contribution in [1.82, 2.24) is 9.62 Å². The third-order valence-electron chi connectivity index (χ3n) is 4.29. The van der Waals surface area contributed by atoms with Gasteiger partial charge >= 0.3 is 0 Å². The first-order valence-electron chi connectivity index (χ1n) is 7.34. The Bertz CT molecular complexity index is 628. The summed E-state index contributed by atoms with van der Waals surface area (Å²) < 4.78 is 35.6. The third-order valence-corrected chi connectivity index (χ3v) is 5.56. The Labute approximate surface area is 129 Å². The Kier molecular flexibility index (Phi) is 4.24. The maximum absolute atomic E-state index is 12.2. The maximum Gasteiger partial charge on any atom is 0.249 e. The molecule has 0 aromatic carbocycles. The summed E-state index contributed by atoms with van der Waals surface area (Å²) in [6.45, 7) is 1.17. The molecule has 2 saturated heterocycles. The number of ether oxygens (including phenoxy) is 1. The van der Waals surface area contributed by atoms with Crippen molar-refractivity contribution in [2.45, 2.75) is 31.6 Å². The van der Waals surface area contributed by atoms with Crippen LogP contribution in [0, 0.1) is 5.92 Å². The van der Waals surface area contributed by atoms with Gasteiger partial charge in [-0.1, -0.05) is 0 Å². The molecule has 8 heteroatoms. The quantitative estimate of drug-likeness (QED) is 0.861. The van der Waals surface area contributed by atoms with Gasteiger partial charge in [-0.2, -0.15) is 4.31 Å². The van der Waals surface area contributed by atoms with Crippen LogP contribution >= 0.6 is 0 Å². The average molecular weight is 328 g/mol. The summed E-state index contributed by atoms with van der Waals surface area (Å²) in [6.07, 6.45) is 3.44. The molecule has 1 amide bonds. The molecule has 122 valence electrons. The third kappa shape index (κ3) is 3.34. The van der Waals surface area contributed by atoms with Crippen LogP contribution in [0.2, 0.25) is 0 Å². The van der Waals surface area contributed by atoms with E-state index >= 15 is 0 Å². The zero-order chi connectivity index (χ0) is 15.7. The number of furan rings is 1. The van der Waals surface area contributed by atoms with Gasteiger partial charge in [0.2, 0.25) is 15.9 Å². The first-order chi connectivity index (χ1) is 10.4. The van der Waals surface area contributed by atoms with Crippen molar-refractivity contribution < 1.29 is 22.4 Å². The van der Waals surface area contributed by atoms with Crippen LogP contribution in [0.4, 0.5) is 0 Å². The van der Waals surface area contributed by atoms with E-state index in [1.165, 1.54) is 10.6 Å². The lowest BCUT2D eigenvalue weighted by Crippen LogP contribution is -2.45. The molecule has 0 unspecified atom stereocenters. The number of fused-ring (bicyclic) bond motifs is 1. The van der Waals surface area contributed by atoms with Crippen LogP contribution in [0.5, 0.6) is 0 Å². The van der Waals surface area contributed by atoms with Crippen LogP contribution in [0.1, 0.15) is 18.6 Å². The minimum atomic E-state index is -3.20. The number of nitrogens with one attached hydrogen (secondary N) is 1. The van der Waals surface area contributed by atoms with Crippen LogP contribution in [0.3, 0.4) is 0 Å². The number of hydrogen-bond donors (Lipinski definition) is 1. The summed E-state index contributed by atoms with van der Waals surface area (Å²) in [5.74, 6) is 0.765. The predicted molar refractivity (Wildman–Crippen MR) is 78.4 cm³/mol. The molecule has 0 radical (unpaired) electrons. The molecule has 22 heavy (non-hydrogen) atoms. The van der Waals surface area contributed by atoms with Gasteiger partial charge in [-0.05, 0) is 30.9 Å². The molecular weight excluding hydrogens is 308 g/mol. The van der Waals surface area contributed by atoms with Gasteiger partial charge in [-0.3, -0.25) is 4.79 Å². The van der Waals surface area contributed by atoms with Crippen LogP contribution in [0.25, 0.3) is 0 Å². The van der Waals surface area contributed by atoms with Crippen LogP contribution in [0.15, 0.2) is 22.8 Å².